The minimum Gasteiger partial charge on any atom is -0.399 e. The molecule has 2 rings (SSSR count). The van der Waals surface area contributed by atoms with Crippen LogP contribution in [0.5, 0.6) is 0 Å². The number of anilines is 2. The fraction of sp³-hybridized carbons (Fsp3) is 0.200. The molecule has 0 spiro atoms. The van der Waals surface area contributed by atoms with Crippen LogP contribution < -0.4 is 10.5 Å². The summed E-state index contributed by atoms with van der Waals surface area (Å²) in [5.74, 6) is 0.175. The summed E-state index contributed by atoms with van der Waals surface area (Å²) >= 11 is 0. The molecule has 0 aliphatic heterocycles. The van der Waals surface area contributed by atoms with Crippen molar-refractivity contribution in [1.29, 1.82) is 0 Å². The van der Waals surface area contributed by atoms with Crippen LogP contribution in [0.4, 0.5) is 11.7 Å². The first-order valence-electron chi connectivity index (χ1n) is 5.10. The second-order valence-electron chi connectivity index (χ2n) is 3.75. The quantitative estimate of drug-likeness (QED) is 0.797. The van der Waals surface area contributed by atoms with Gasteiger partial charge in [-0.3, -0.25) is 0 Å². The summed E-state index contributed by atoms with van der Waals surface area (Å²) in [6, 6.07) is 6.44. The Hall–Kier alpha value is -2.09. The average Bonchev–Trinajstić information content (AvgIpc) is 2.66. The molecule has 0 saturated heterocycles. The molecule has 3 N–H and O–H groups in total. The van der Waals surface area contributed by atoms with Gasteiger partial charge in [0.15, 0.2) is 5.82 Å². The number of benzene rings is 1. The van der Waals surface area contributed by atoms with Gasteiger partial charge in [0.25, 0.3) is 0 Å². The number of nitrogens with zero attached hydrogens (tertiary/aromatic N) is 2. The maximum atomic E-state index is 11.8. The Labute approximate surface area is 104 Å². The van der Waals surface area contributed by atoms with Crippen molar-refractivity contribution in [3.63, 3.8) is 0 Å². The van der Waals surface area contributed by atoms with Crippen LogP contribution in [0, 0.1) is 6.92 Å². The molecule has 0 fully saturated rings. The molecule has 1 aromatic heterocycles. The Balaban J connectivity index is 2.10. The van der Waals surface area contributed by atoms with Crippen LogP contribution in [0.2, 0.25) is 0 Å². The van der Waals surface area contributed by atoms with Gasteiger partial charge in [-0.15, -0.1) is 0 Å². The molecule has 2 aromatic rings. The smallest absolute Gasteiger partial charge is 0.335 e. The Kier molecular flexibility index (Phi) is 3.19. The largest absolute Gasteiger partial charge is 0.399 e. The number of aromatic nitrogens is 2. The monoisotopic (exact) mass is 268 g/mol. The number of sulfonamides is 1. The SMILES string of the molecule is Cc1noc(NS(=O)(=O)Cc2ccc(N)cc2)n1. The predicted octanol–water partition coefficient (Wildman–Crippen LogP) is 0.902. The lowest BCUT2D eigenvalue weighted by molar-refractivity contribution is 0.429. The Morgan fingerprint density at radius 1 is 1.33 bits per heavy atom. The fourth-order valence-corrected chi connectivity index (χ4v) is 2.39. The first-order chi connectivity index (χ1) is 8.44. The fourth-order valence-electron chi connectivity index (χ4n) is 1.34. The van der Waals surface area contributed by atoms with Crippen LogP contribution in [-0.2, 0) is 15.8 Å². The van der Waals surface area contributed by atoms with Crippen molar-refractivity contribution in [3.8, 4) is 0 Å². The predicted molar refractivity (Wildman–Crippen MR) is 66.1 cm³/mol. The van der Waals surface area contributed by atoms with Gasteiger partial charge < -0.3 is 10.3 Å². The topological polar surface area (TPSA) is 111 Å². The van der Waals surface area contributed by atoms with Crippen molar-refractivity contribution in [2.24, 2.45) is 0 Å². The third-order valence-electron chi connectivity index (χ3n) is 2.11. The summed E-state index contributed by atoms with van der Waals surface area (Å²) in [5, 5.41) is 3.49. The van der Waals surface area contributed by atoms with Gasteiger partial charge >= 0.3 is 6.01 Å². The van der Waals surface area contributed by atoms with Gasteiger partial charge in [-0.25, -0.2) is 13.1 Å². The van der Waals surface area contributed by atoms with E-state index < -0.39 is 10.0 Å². The normalized spacial score (nSPS) is 11.4. The van der Waals surface area contributed by atoms with Gasteiger partial charge in [0, 0.05) is 5.69 Å². The molecule has 0 atom stereocenters. The van der Waals surface area contributed by atoms with Gasteiger partial charge in [-0.2, -0.15) is 4.98 Å². The first-order valence-corrected chi connectivity index (χ1v) is 6.75. The summed E-state index contributed by atoms with van der Waals surface area (Å²) in [6.07, 6.45) is 0. The van der Waals surface area contributed by atoms with Crippen LogP contribution in [0.15, 0.2) is 28.8 Å². The summed E-state index contributed by atoms with van der Waals surface area (Å²) in [5.41, 5.74) is 6.72. The van der Waals surface area contributed by atoms with Gasteiger partial charge in [0.1, 0.15) is 0 Å². The first kappa shape index (κ1) is 12.4. The molecule has 8 heteroatoms. The molecular weight excluding hydrogens is 256 g/mol. The molecule has 1 aromatic carbocycles. The van der Waals surface area contributed by atoms with E-state index in [0.717, 1.165) is 0 Å². The van der Waals surface area contributed by atoms with E-state index in [9.17, 15) is 8.42 Å². The molecule has 7 nitrogen and oxygen atoms in total. The van der Waals surface area contributed by atoms with E-state index >= 15 is 0 Å². The van der Waals surface area contributed by atoms with Gasteiger partial charge in [0.05, 0.1) is 5.75 Å². The number of aryl methyl sites for hydroxylation is 1. The molecule has 0 bridgehead atoms. The molecule has 0 unspecified atom stereocenters. The second kappa shape index (κ2) is 4.65. The highest BCUT2D eigenvalue weighted by Crippen LogP contribution is 2.12. The molecule has 0 amide bonds. The number of hydrogen-bond donors (Lipinski definition) is 2. The van der Waals surface area contributed by atoms with Crippen LogP contribution in [0.25, 0.3) is 0 Å². The van der Waals surface area contributed by atoms with E-state index in [1.807, 2.05) is 0 Å². The Morgan fingerprint density at radius 2 is 2.00 bits per heavy atom. The minimum absolute atomic E-state index is 0.136. The van der Waals surface area contributed by atoms with E-state index in [1.54, 1.807) is 31.2 Å². The molecule has 0 radical (unpaired) electrons. The number of nitrogen functional groups attached to an aromatic ring is 1. The van der Waals surface area contributed by atoms with E-state index in [-0.39, 0.29) is 11.8 Å². The van der Waals surface area contributed by atoms with Crippen molar-refractivity contribution >= 4 is 21.7 Å². The minimum atomic E-state index is -3.57. The molecule has 1 heterocycles. The van der Waals surface area contributed by atoms with Gasteiger partial charge in [0.2, 0.25) is 10.0 Å². The van der Waals surface area contributed by atoms with E-state index in [1.165, 1.54) is 0 Å². The lowest BCUT2D eigenvalue weighted by Crippen LogP contribution is -2.15. The lowest BCUT2D eigenvalue weighted by Gasteiger charge is -2.04. The van der Waals surface area contributed by atoms with Crippen molar-refractivity contribution in [3.05, 3.63) is 35.7 Å². The third-order valence-corrected chi connectivity index (χ3v) is 3.31. The Morgan fingerprint density at radius 3 is 2.56 bits per heavy atom. The maximum Gasteiger partial charge on any atom is 0.335 e. The van der Waals surface area contributed by atoms with Crippen LogP contribution in [0.1, 0.15) is 11.4 Å². The molecule has 0 saturated carbocycles. The Bertz CT molecular complexity index is 633. The average molecular weight is 268 g/mol. The summed E-state index contributed by atoms with van der Waals surface area (Å²) in [4.78, 5) is 3.76. The zero-order valence-corrected chi connectivity index (χ0v) is 10.4. The zero-order chi connectivity index (χ0) is 13.2. The third kappa shape index (κ3) is 3.20. The number of hydrogen-bond acceptors (Lipinski definition) is 6. The van der Waals surface area contributed by atoms with E-state index in [2.05, 4.69) is 19.4 Å². The molecule has 0 aliphatic rings. The number of rotatable bonds is 4. The van der Waals surface area contributed by atoms with Gasteiger partial charge in [-0.05, 0) is 24.6 Å². The molecule has 18 heavy (non-hydrogen) atoms. The van der Waals surface area contributed by atoms with Crippen LogP contribution >= 0.6 is 0 Å². The standard InChI is InChI=1S/C10H12N4O3S/c1-7-12-10(17-13-7)14-18(15,16)6-8-2-4-9(11)5-3-8/h2-5H,6,11H2,1H3,(H,12,13,14). The van der Waals surface area contributed by atoms with Crippen molar-refractivity contribution < 1.29 is 12.9 Å². The van der Waals surface area contributed by atoms with Crippen molar-refractivity contribution in [2.75, 3.05) is 10.5 Å². The van der Waals surface area contributed by atoms with Crippen LogP contribution in [-0.4, -0.2) is 18.6 Å². The molecule has 96 valence electrons. The van der Waals surface area contributed by atoms with Gasteiger partial charge in [-0.1, -0.05) is 17.3 Å². The maximum absolute atomic E-state index is 11.8. The summed E-state index contributed by atoms with van der Waals surface area (Å²) < 4.78 is 30.5. The lowest BCUT2D eigenvalue weighted by atomic mass is 10.2. The number of nitrogens with one attached hydrogen (secondary N) is 1. The highest BCUT2D eigenvalue weighted by molar-refractivity contribution is 7.91. The van der Waals surface area contributed by atoms with Crippen molar-refractivity contribution in [1.82, 2.24) is 10.1 Å². The molecule has 0 aliphatic carbocycles. The summed E-state index contributed by atoms with van der Waals surface area (Å²) in [7, 11) is -3.57. The molecular formula is C10H12N4O3S. The van der Waals surface area contributed by atoms with Crippen LogP contribution in [0.3, 0.4) is 0 Å². The zero-order valence-electron chi connectivity index (χ0n) is 9.62. The van der Waals surface area contributed by atoms with Crippen molar-refractivity contribution in [2.45, 2.75) is 12.7 Å². The van der Waals surface area contributed by atoms with E-state index in [4.69, 9.17) is 5.73 Å². The highest BCUT2D eigenvalue weighted by atomic mass is 32.2. The second-order valence-corrected chi connectivity index (χ2v) is 5.47. The highest BCUT2D eigenvalue weighted by Gasteiger charge is 2.15. The number of nitrogens with two attached hydrogens (primary N) is 1. The summed E-state index contributed by atoms with van der Waals surface area (Å²) in [6.45, 7) is 1.60. The van der Waals surface area contributed by atoms with E-state index in [0.29, 0.717) is 17.1 Å².